The van der Waals surface area contributed by atoms with Crippen LogP contribution in [0.1, 0.15) is 10.4 Å². The average Bonchev–Trinajstić information content (AvgIpc) is 2.06. The molecule has 0 saturated heterocycles. The fourth-order valence-corrected chi connectivity index (χ4v) is 1.40. The lowest BCUT2D eigenvalue weighted by Gasteiger charge is -2.22. The van der Waals surface area contributed by atoms with Crippen molar-refractivity contribution in [2.75, 3.05) is 33.4 Å². The number of rotatable bonds is 3. The van der Waals surface area contributed by atoms with Crippen LogP contribution in [0.2, 0.25) is 5.02 Å². The first-order valence-corrected chi connectivity index (χ1v) is 5.06. The molecule has 0 atom stereocenters. The van der Waals surface area contributed by atoms with Crippen molar-refractivity contribution in [3.05, 3.63) is 28.8 Å². The summed E-state index contributed by atoms with van der Waals surface area (Å²) in [5, 5.41) is 0.433. The number of ketones is 1. The second-order valence-corrected chi connectivity index (χ2v) is 5.02. The second-order valence-electron chi connectivity index (χ2n) is 4.61. The van der Waals surface area contributed by atoms with E-state index in [1.165, 1.54) is 0 Å². The van der Waals surface area contributed by atoms with Gasteiger partial charge in [-0.25, -0.2) is 0 Å². The van der Waals surface area contributed by atoms with Crippen LogP contribution < -0.4 is 5.73 Å². The molecule has 0 spiro atoms. The molecule has 1 aromatic rings. The molecule has 2 N–H and O–H groups in total. The van der Waals surface area contributed by atoms with Gasteiger partial charge in [-0.3, -0.25) is 4.79 Å². The van der Waals surface area contributed by atoms with Crippen LogP contribution >= 0.6 is 11.6 Å². The largest absolute Gasteiger partial charge is 0.398 e. The molecule has 1 aromatic carbocycles. The van der Waals surface area contributed by atoms with Gasteiger partial charge in [-0.05, 0) is 18.2 Å². The highest BCUT2D eigenvalue weighted by molar-refractivity contribution is 6.33. The third kappa shape index (κ3) is 3.53. The van der Waals surface area contributed by atoms with E-state index in [-0.39, 0.29) is 5.78 Å². The van der Waals surface area contributed by atoms with Crippen molar-refractivity contribution in [2.24, 2.45) is 0 Å². The van der Waals surface area contributed by atoms with Crippen LogP contribution in [-0.4, -0.2) is 38.0 Å². The van der Waals surface area contributed by atoms with Gasteiger partial charge < -0.3 is 10.2 Å². The van der Waals surface area contributed by atoms with Crippen LogP contribution in [0, 0.1) is 0 Å². The van der Waals surface area contributed by atoms with Crippen molar-refractivity contribution in [1.29, 1.82) is 0 Å². The van der Waals surface area contributed by atoms with E-state index in [0.29, 0.717) is 27.3 Å². The van der Waals surface area contributed by atoms with Gasteiger partial charge in [-0.1, -0.05) is 11.6 Å². The van der Waals surface area contributed by atoms with E-state index in [2.05, 4.69) is 0 Å². The molecule has 82 valence electrons. The van der Waals surface area contributed by atoms with Gasteiger partial charge in [-0.2, -0.15) is 0 Å². The van der Waals surface area contributed by atoms with Crippen molar-refractivity contribution < 1.29 is 9.28 Å². The number of carbonyl (C=O) groups excluding carboxylic acids is 1. The van der Waals surface area contributed by atoms with Crippen LogP contribution in [0.25, 0.3) is 0 Å². The molecule has 0 aliphatic rings. The van der Waals surface area contributed by atoms with Gasteiger partial charge in [0.15, 0.2) is 0 Å². The van der Waals surface area contributed by atoms with Crippen molar-refractivity contribution in [3.63, 3.8) is 0 Å². The molecule has 15 heavy (non-hydrogen) atoms. The van der Waals surface area contributed by atoms with Gasteiger partial charge in [0, 0.05) is 5.56 Å². The lowest BCUT2D eigenvalue weighted by molar-refractivity contribution is -0.861. The number of Topliss-reactive ketones (excluding diaryl/α,β-unsaturated/α-hetero) is 1. The molecule has 0 unspecified atom stereocenters. The summed E-state index contributed by atoms with van der Waals surface area (Å²) in [5.41, 5.74) is 6.68. The van der Waals surface area contributed by atoms with Gasteiger partial charge in [0.25, 0.3) is 0 Å². The quantitative estimate of drug-likeness (QED) is 0.486. The zero-order chi connectivity index (χ0) is 11.6. The van der Waals surface area contributed by atoms with E-state index in [1.807, 2.05) is 21.1 Å². The minimum absolute atomic E-state index is 0.0735. The second kappa shape index (κ2) is 4.21. The molecule has 0 aliphatic carbocycles. The average molecular weight is 228 g/mol. The van der Waals surface area contributed by atoms with Crippen molar-refractivity contribution in [2.45, 2.75) is 0 Å². The zero-order valence-electron chi connectivity index (χ0n) is 9.25. The number of nitrogens with zero attached hydrogens (tertiary/aromatic N) is 1. The molecular formula is C11H16ClN2O+. The van der Waals surface area contributed by atoms with E-state index >= 15 is 0 Å². The molecule has 0 aliphatic heterocycles. The lowest BCUT2D eigenvalue weighted by Crippen LogP contribution is -2.39. The molecule has 0 radical (unpaired) electrons. The summed E-state index contributed by atoms with van der Waals surface area (Å²) in [6.07, 6.45) is 0. The summed E-state index contributed by atoms with van der Waals surface area (Å²) < 4.78 is 0.598. The summed E-state index contributed by atoms with van der Waals surface area (Å²) in [4.78, 5) is 11.8. The number of quaternary nitrogens is 1. The van der Waals surface area contributed by atoms with E-state index in [1.54, 1.807) is 18.2 Å². The standard InChI is InChI=1S/C11H15ClN2O/c1-14(2,3)7-11(15)8-4-5-10(13)9(12)6-8/h4-6H,7H2,1-3H3,(H-,13,15)/p+1. The Bertz CT molecular complexity index is 383. The van der Waals surface area contributed by atoms with Gasteiger partial charge in [0.2, 0.25) is 5.78 Å². The van der Waals surface area contributed by atoms with Gasteiger partial charge in [0.1, 0.15) is 6.54 Å². The molecule has 1 rings (SSSR count). The van der Waals surface area contributed by atoms with E-state index < -0.39 is 0 Å². The fourth-order valence-electron chi connectivity index (χ4n) is 1.22. The summed E-state index contributed by atoms with van der Waals surface area (Å²) in [5.74, 6) is 0.0735. The maximum Gasteiger partial charge on any atom is 0.216 e. The Kier molecular flexibility index (Phi) is 3.37. The van der Waals surface area contributed by atoms with Crippen LogP contribution in [0.4, 0.5) is 5.69 Å². The van der Waals surface area contributed by atoms with Crippen LogP contribution in [0.3, 0.4) is 0 Å². The number of likely N-dealkylation sites (N-methyl/N-ethyl adjacent to an activating group) is 1. The monoisotopic (exact) mass is 227 g/mol. The lowest BCUT2D eigenvalue weighted by atomic mass is 10.1. The van der Waals surface area contributed by atoms with Crippen molar-refractivity contribution in [3.8, 4) is 0 Å². The number of benzene rings is 1. The predicted octanol–water partition coefficient (Wildman–Crippen LogP) is 1.81. The third-order valence-electron chi connectivity index (χ3n) is 1.94. The molecule has 0 saturated carbocycles. The fraction of sp³-hybridized carbons (Fsp3) is 0.364. The normalized spacial score (nSPS) is 11.5. The molecule has 0 aromatic heterocycles. The van der Waals surface area contributed by atoms with Gasteiger partial charge in [0.05, 0.1) is 31.9 Å². The van der Waals surface area contributed by atoms with Crippen molar-refractivity contribution >= 4 is 23.1 Å². The molecule has 0 amide bonds. The molecule has 0 bridgehead atoms. The first-order valence-electron chi connectivity index (χ1n) is 4.68. The Morgan fingerprint density at radius 1 is 1.40 bits per heavy atom. The number of nitrogens with two attached hydrogens (primary N) is 1. The number of halogens is 1. The first kappa shape index (κ1) is 12.0. The smallest absolute Gasteiger partial charge is 0.216 e. The number of nitrogen functional groups attached to an aromatic ring is 1. The van der Waals surface area contributed by atoms with Gasteiger partial charge >= 0.3 is 0 Å². The Balaban J connectivity index is 2.88. The van der Waals surface area contributed by atoms with Crippen LogP contribution in [0.5, 0.6) is 0 Å². The molecule has 4 heteroatoms. The van der Waals surface area contributed by atoms with E-state index in [4.69, 9.17) is 17.3 Å². The van der Waals surface area contributed by atoms with Gasteiger partial charge in [-0.15, -0.1) is 0 Å². The summed E-state index contributed by atoms with van der Waals surface area (Å²) in [6.45, 7) is 0.445. The third-order valence-corrected chi connectivity index (χ3v) is 2.27. The van der Waals surface area contributed by atoms with Crippen LogP contribution in [0.15, 0.2) is 18.2 Å². The Morgan fingerprint density at radius 2 is 2.00 bits per heavy atom. The Morgan fingerprint density at radius 3 is 2.47 bits per heavy atom. The van der Waals surface area contributed by atoms with E-state index in [0.717, 1.165) is 0 Å². The zero-order valence-corrected chi connectivity index (χ0v) is 10.0. The van der Waals surface area contributed by atoms with E-state index in [9.17, 15) is 4.79 Å². The minimum atomic E-state index is 0.0735. The maximum absolute atomic E-state index is 11.8. The topological polar surface area (TPSA) is 43.1 Å². The molecule has 0 heterocycles. The SMILES string of the molecule is C[N+](C)(C)CC(=O)c1ccc(N)c(Cl)c1. The number of hydrogen-bond donors (Lipinski definition) is 1. The summed E-state index contributed by atoms with van der Waals surface area (Å²) >= 11 is 5.85. The highest BCUT2D eigenvalue weighted by Crippen LogP contribution is 2.20. The summed E-state index contributed by atoms with van der Waals surface area (Å²) in [7, 11) is 5.91. The first-order chi connectivity index (χ1) is 6.79. The highest BCUT2D eigenvalue weighted by atomic mass is 35.5. The number of carbonyl (C=O) groups is 1. The molecular weight excluding hydrogens is 212 g/mol. The van der Waals surface area contributed by atoms with Crippen molar-refractivity contribution in [1.82, 2.24) is 0 Å². The summed E-state index contributed by atoms with van der Waals surface area (Å²) in [6, 6.07) is 4.99. The molecule has 0 fully saturated rings. The molecule has 3 nitrogen and oxygen atoms in total. The predicted molar refractivity (Wildman–Crippen MR) is 63.1 cm³/mol. The number of hydrogen-bond acceptors (Lipinski definition) is 2. The number of anilines is 1. The highest BCUT2D eigenvalue weighted by Gasteiger charge is 2.16. The van der Waals surface area contributed by atoms with Crippen LogP contribution in [-0.2, 0) is 0 Å². The Labute approximate surface area is 95.0 Å². The Hall–Kier alpha value is -1.06. The minimum Gasteiger partial charge on any atom is -0.398 e. The maximum atomic E-state index is 11.8.